The third kappa shape index (κ3) is 3.91. The third-order valence-electron chi connectivity index (χ3n) is 3.51. The minimum atomic E-state index is -0.495. The predicted molar refractivity (Wildman–Crippen MR) is 98.9 cm³/mol. The molecule has 0 spiro atoms. The van der Waals surface area contributed by atoms with Gasteiger partial charge < -0.3 is 14.2 Å². The summed E-state index contributed by atoms with van der Waals surface area (Å²) in [5, 5.41) is 0. The first kappa shape index (κ1) is 17.2. The topological polar surface area (TPSA) is 57.1 Å². The van der Waals surface area contributed by atoms with Crippen molar-refractivity contribution in [2.24, 2.45) is 4.99 Å². The van der Waals surface area contributed by atoms with Crippen LogP contribution in [0.5, 0.6) is 11.5 Å². The van der Waals surface area contributed by atoms with Crippen LogP contribution in [0.15, 0.2) is 57.6 Å². The standard InChI is InChI=1S/C19H16BrNO4/c1-3-24-14-7-4-12(5-8-14)10-16-19(22)25-18(21-16)15-11-13(20)6-9-17(15)23-2/h4-11H,3H2,1-2H3. The fourth-order valence-electron chi connectivity index (χ4n) is 2.36. The Morgan fingerprint density at radius 3 is 2.64 bits per heavy atom. The normalized spacial score (nSPS) is 15.1. The van der Waals surface area contributed by atoms with Crippen molar-refractivity contribution in [1.82, 2.24) is 0 Å². The lowest BCUT2D eigenvalue weighted by Crippen LogP contribution is -2.07. The molecule has 2 aromatic rings. The number of carbonyl (C=O) groups excluding carboxylic acids is 1. The number of nitrogens with zero attached hydrogens (tertiary/aromatic N) is 1. The molecule has 0 bridgehead atoms. The highest BCUT2D eigenvalue weighted by Gasteiger charge is 2.26. The van der Waals surface area contributed by atoms with E-state index in [0.717, 1.165) is 15.8 Å². The first-order chi connectivity index (χ1) is 12.1. The maximum Gasteiger partial charge on any atom is 0.363 e. The molecule has 128 valence electrons. The maximum atomic E-state index is 12.1. The largest absolute Gasteiger partial charge is 0.496 e. The van der Waals surface area contributed by atoms with E-state index in [2.05, 4.69) is 20.9 Å². The number of halogens is 1. The lowest BCUT2D eigenvalue weighted by Gasteiger charge is -2.07. The zero-order valence-corrected chi connectivity index (χ0v) is 15.4. The van der Waals surface area contributed by atoms with E-state index in [1.165, 1.54) is 0 Å². The summed E-state index contributed by atoms with van der Waals surface area (Å²) in [4.78, 5) is 16.5. The zero-order valence-electron chi connectivity index (χ0n) is 13.8. The molecular formula is C19H16BrNO4. The molecule has 0 N–H and O–H groups in total. The van der Waals surface area contributed by atoms with Gasteiger partial charge in [0.25, 0.3) is 0 Å². The van der Waals surface area contributed by atoms with Crippen molar-refractivity contribution in [3.05, 3.63) is 63.8 Å². The first-order valence-electron chi connectivity index (χ1n) is 7.70. The van der Waals surface area contributed by atoms with Gasteiger partial charge in [0.1, 0.15) is 11.5 Å². The Labute approximate surface area is 154 Å². The second kappa shape index (κ2) is 7.53. The Morgan fingerprint density at radius 1 is 1.20 bits per heavy atom. The van der Waals surface area contributed by atoms with E-state index in [4.69, 9.17) is 14.2 Å². The number of ether oxygens (including phenoxy) is 3. The summed E-state index contributed by atoms with van der Waals surface area (Å²) in [6.07, 6.45) is 1.68. The third-order valence-corrected chi connectivity index (χ3v) is 4.00. The van der Waals surface area contributed by atoms with Crippen molar-refractivity contribution in [2.75, 3.05) is 13.7 Å². The van der Waals surface area contributed by atoms with Gasteiger partial charge in [-0.05, 0) is 48.9 Å². The number of benzene rings is 2. The fraction of sp³-hybridized carbons (Fsp3) is 0.158. The smallest absolute Gasteiger partial charge is 0.363 e. The molecule has 1 heterocycles. The Morgan fingerprint density at radius 2 is 1.96 bits per heavy atom. The van der Waals surface area contributed by atoms with Crippen LogP contribution in [0.25, 0.3) is 6.08 Å². The van der Waals surface area contributed by atoms with Gasteiger partial charge >= 0.3 is 5.97 Å². The number of rotatable bonds is 5. The molecule has 2 aromatic carbocycles. The number of cyclic esters (lactones) is 1. The molecule has 5 nitrogen and oxygen atoms in total. The molecule has 0 aromatic heterocycles. The Hall–Kier alpha value is -2.60. The van der Waals surface area contributed by atoms with Crippen LogP contribution in [0.3, 0.4) is 0 Å². The van der Waals surface area contributed by atoms with Gasteiger partial charge in [-0.2, -0.15) is 0 Å². The monoisotopic (exact) mass is 401 g/mol. The van der Waals surface area contributed by atoms with Crippen molar-refractivity contribution in [3.8, 4) is 11.5 Å². The average Bonchev–Trinajstić information content (AvgIpc) is 2.97. The number of hydrogen-bond acceptors (Lipinski definition) is 5. The Bertz CT molecular complexity index is 856. The number of aliphatic imine (C=N–C) groups is 1. The molecule has 0 radical (unpaired) electrons. The number of hydrogen-bond donors (Lipinski definition) is 0. The summed E-state index contributed by atoms with van der Waals surface area (Å²) in [6, 6.07) is 12.8. The van der Waals surface area contributed by atoms with Gasteiger partial charge in [0.05, 0.1) is 19.3 Å². The fourth-order valence-corrected chi connectivity index (χ4v) is 2.72. The van der Waals surface area contributed by atoms with E-state index in [9.17, 15) is 4.79 Å². The lowest BCUT2D eigenvalue weighted by molar-refractivity contribution is -0.129. The average molecular weight is 402 g/mol. The van der Waals surface area contributed by atoms with Crippen LogP contribution in [0.1, 0.15) is 18.1 Å². The maximum absolute atomic E-state index is 12.1. The molecule has 1 aliphatic rings. The van der Waals surface area contributed by atoms with Crippen LogP contribution in [0.4, 0.5) is 0 Å². The Balaban J connectivity index is 1.91. The molecule has 25 heavy (non-hydrogen) atoms. The van der Waals surface area contributed by atoms with Gasteiger partial charge in [0, 0.05) is 4.47 Å². The SMILES string of the molecule is CCOc1ccc(C=C2N=C(c3cc(Br)ccc3OC)OC2=O)cc1. The summed E-state index contributed by atoms with van der Waals surface area (Å²) in [5.74, 6) is 1.09. The van der Waals surface area contributed by atoms with E-state index >= 15 is 0 Å². The van der Waals surface area contributed by atoms with Crippen molar-refractivity contribution in [1.29, 1.82) is 0 Å². The van der Waals surface area contributed by atoms with Gasteiger partial charge in [0.15, 0.2) is 5.70 Å². The molecule has 0 aliphatic carbocycles. The van der Waals surface area contributed by atoms with E-state index in [1.54, 1.807) is 25.3 Å². The van der Waals surface area contributed by atoms with E-state index in [-0.39, 0.29) is 11.6 Å². The van der Waals surface area contributed by atoms with Gasteiger partial charge in [-0.3, -0.25) is 0 Å². The Kier molecular flexibility index (Phi) is 5.19. The minimum absolute atomic E-state index is 0.223. The van der Waals surface area contributed by atoms with Gasteiger partial charge in [-0.1, -0.05) is 28.1 Å². The molecule has 0 unspecified atom stereocenters. The summed E-state index contributed by atoms with van der Waals surface area (Å²) < 4.78 is 16.9. The van der Waals surface area contributed by atoms with Crippen molar-refractivity contribution in [3.63, 3.8) is 0 Å². The zero-order chi connectivity index (χ0) is 17.8. The molecule has 0 amide bonds. The number of esters is 1. The van der Waals surface area contributed by atoms with E-state index in [0.29, 0.717) is 17.9 Å². The van der Waals surface area contributed by atoms with Crippen LogP contribution in [-0.2, 0) is 9.53 Å². The first-order valence-corrected chi connectivity index (χ1v) is 8.49. The van der Waals surface area contributed by atoms with Crippen LogP contribution in [0.2, 0.25) is 0 Å². The highest BCUT2D eigenvalue weighted by Crippen LogP contribution is 2.28. The highest BCUT2D eigenvalue weighted by molar-refractivity contribution is 9.10. The quantitative estimate of drug-likeness (QED) is 0.556. The van der Waals surface area contributed by atoms with Crippen molar-refractivity contribution in [2.45, 2.75) is 6.92 Å². The van der Waals surface area contributed by atoms with Crippen LogP contribution >= 0.6 is 15.9 Å². The second-order valence-corrected chi connectivity index (χ2v) is 6.10. The molecular weight excluding hydrogens is 386 g/mol. The van der Waals surface area contributed by atoms with Crippen LogP contribution in [0, 0.1) is 0 Å². The molecule has 1 aliphatic heterocycles. The summed E-state index contributed by atoms with van der Waals surface area (Å²) >= 11 is 3.40. The van der Waals surface area contributed by atoms with Crippen molar-refractivity contribution >= 4 is 33.9 Å². The van der Waals surface area contributed by atoms with E-state index < -0.39 is 5.97 Å². The molecule has 0 atom stereocenters. The number of carbonyl (C=O) groups is 1. The second-order valence-electron chi connectivity index (χ2n) is 5.18. The van der Waals surface area contributed by atoms with Crippen LogP contribution in [-0.4, -0.2) is 25.6 Å². The summed E-state index contributed by atoms with van der Waals surface area (Å²) in [5.41, 5.74) is 1.68. The van der Waals surface area contributed by atoms with Crippen LogP contribution < -0.4 is 9.47 Å². The molecule has 0 saturated heterocycles. The van der Waals surface area contributed by atoms with Gasteiger partial charge in [-0.25, -0.2) is 9.79 Å². The molecule has 0 saturated carbocycles. The van der Waals surface area contributed by atoms with Gasteiger partial charge in [0.2, 0.25) is 5.90 Å². The van der Waals surface area contributed by atoms with Gasteiger partial charge in [-0.15, -0.1) is 0 Å². The predicted octanol–water partition coefficient (Wildman–Crippen LogP) is 4.20. The molecule has 6 heteroatoms. The highest BCUT2D eigenvalue weighted by atomic mass is 79.9. The number of methoxy groups -OCH3 is 1. The molecule has 0 fully saturated rings. The summed E-state index contributed by atoms with van der Waals surface area (Å²) in [6.45, 7) is 2.53. The summed E-state index contributed by atoms with van der Waals surface area (Å²) in [7, 11) is 1.56. The molecule has 3 rings (SSSR count). The minimum Gasteiger partial charge on any atom is -0.496 e. The lowest BCUT2D eigenvalue weighted by atomic mass is 10.2. The van der Waals surface area contributed by atoms with E-state index in [1.807, 2.05) is 37.3 Å². The van der Waals surface area contributed by atoms with Crippen molar-refractivity contribution < 1.29 is 19.0 Å².